The average Bonchev–Trinajstić information content (AvgIpc) is 2.75. The highest BCUT2D eigenvalue weighted by Gasteiger charge is 2.28. The molecule has 1 saturated heterocycles. The molecule has 116 valence electrons. The van der Waals surface area contributed by atoms with Crippen molar-refractivity contribution in [3.05, 3.63) is 33.3 Å². The van der Waals surface area contributed by atoms with Gasteiger partial charge in [-0.25, -0.2) is 8.42 Å². The molecule has 0 saturated carbocycles. The molecule has 1 heterocycles. The lowest BCUT2D eigenvalue weighted by molar-refractivity contribution is 0.599. The molecular weight excluding hydrogens is 378 g/mol. The van der Waals surface area contributed by atoms with Gasteiger partial charge in [-0.15, -0.1) is 0 Å². The van der Waals surface area contributed by atoms with Crippen molar-refractivity contribution in [1.29, 1.82) is 0 Å². The van der Waals surface area contributed by atoms with Crippen molar-refractivity contribution in [3.63, 3.8) is 0 Å². The van der Waals surface area contributed by atoms with Crippen LogP contribution in [-0.4, -0.2) is 39.0 Å². The van der Waals surface area contributed by atoms with Crippen molar-refractivity contribution < 1.29 is 8.42 Å². The Balaban J connectivity index is 1.91. The van der Waals surface area contributed by atoms with Gasteiger partial charge in [-0.2, -0.15) is 0 Å². The molecule has 0 amide bonds. The maximum Gasteiger partial charge on any atom is 0.191 e. The fourth-order valence-electron chi connectivity index (χ4n) is 2.14. The first-order valence-electron chi connectivity index (χ1n) is 6.51. The SMILES string of the molecule is CN=C(NCc1ccc(Br)cc1Cl)NC1CCS(=O)(=O)C1. The first-order chi connectivity index (χ1) is 9.89. The molecule has 0 aliphatic carbocycles. The van der Waals surface area contributed by atoms with Crippen molar-refractivity contribution in [2.75, 3.05) is 18.6 Å². The Hall–Kier alpha value is -0.790. The molecule has 1 aromatic rings. The van der Waals surface area contributed by atoms with Crippen molar-refractivity contribution in [2.45, 2.75) is 19.0 Å². The number of nitrogens with one attached hydrogen (secondary N) is 2. The van der Waals surface area contributed by atoms with Gasteiger partial charge in [-0.3, -0.25) is 4.99 Å². The molecule has 0 aromatic heterocycles. The summed E-state index contributed by atoms with van der Waals surface area (Å²) in [6.07, 6.45) is 0.613. The molecule has 1 fully saturated rings. The van der Waals surface area contributed by atoms with Crippen LogP contribution in [0.5, 0.6) is 0 Å². The molecule has 1 aliphatic rings. The smallest absolute Gasteiger partial charge is 0.191 e. The topological polar surface area (TPSA) is 70.6 Å². The first kappa shape index (κ1) is 16.6. The molecule has 8 heteroatoms. The van der Waals surface area contributed by atoms with Crippen LogP contribution in [0.2, 0.25) is 5.02 Å². The van der Waals surface area contributed by atoms with Gasteiger partial charge in [0, 0.05) is 29.1 Å². The summed E-state index contributed by atoms with van der Waals surface area (Å²) < 4.78 is 23.8. The Morgan fingerprint density at radius 2 is 2.29 bits per heavy atom. The van der Waals surface area contributed by atoms with E-state index in [9.17, 15) is 8.42 Å². The van der Waals surface area contributed by atoms with Gasteiger partial charge in [0.2, 0.25) is 0 Å². The van der Waals surface area contributed by atoms with E-state index in [0.29, 0.717) is 23.9 Å². The van der Waals surface area contributed by atoms with Crippen LogP contribution in [0.4, 0.5) is 0 Å². The number of hydrogen-bond donors (Lipinski definition) is 2. The fraction of sp³-hybridized carbons (Fsp3) is 0.462. The van der Waals surface area contributed by atoms with Crippen LogP contribution in [0, 0.1) is 0 Å². The Morgan fingerprint density at radius 1 is 1.52 bits per heavy atom. The van der Waals surface area contributed by atoms with Gasteiger partial charge >= 0.3 is 0 Å². The third-order valence-electron chi connectivity index (χ3n) is 3.26. The Bertz CT molecular complexity index is 649. The second kappa shape index (κ2) is 6.98. The Kier molecular flexibility index (Phi) is 5.51. The summed E-state index contributed by atoms with van der Waals surface area (Å²) in [6, 6.07) is 5.59. The minimum Gasteiger partial charge on any atom is -0.353 e. The van der Waals surface area contributed by atoms with Gasteiger partial charge in [-0.1, -0.05) is 33.6 Å². The van der Waals surface area contributed by atoms with E-state index >= 15 is 0 Å². The zero-order valence-electron chi connectivity index (χ0n) is 11.6. The summed E-state index contributed by atoms with van der Waals surface area (Å²) in [6.45, 7) is 0.519. The number of nitrogens with zero attached hydrogens (tertiary/aromatic N) is 1. The van der Waals surface area contributed by atoms with Gasteiger partial charge in [-0.05, 0) is 24.1 Å². The quantitative estimate of drug-likeness (QED) is 0.607. The van der Waals surface area contributed by atoms with Crippen LogP contribution >= 0.6 is 27.5 Å². The summed E-state index contributed by atoms with van der Waals surface area (Å²) in [5.41, 5.74) is 0.946. The molecule has 1 atom stereocenters. The van der Waals surface area contributed by atoms with Crippen molar-refractivity contribution >= 4 is 43.3 Å². The fourth-order valence-corrected chi connectivity index (χ4v) is 4.55. The maximum atomic E-state index is 11.4. The molecule has 2 rings (SSSR count). The highest BCUT2D eigenvalue weighted by atomic mass is 79.9. The standard InChI is InChI=1S/C13H17BrClN3O2S/c1-16-13(18-11-4-5-21(19,20)8-11)17-7-9-2-3-10(14)6-12(9)15/h2-3,6,11H,4-5,7-8H2,1H3,(H2,16,17,18). The first-order valence-corrected chi connectivity index (χ1v) is 9.50. The van der Waals surface area contributed by atoms with E-state index in [1.165, 1.54) is 0 Å². The third-order valence-corrected chi connectivity index (χ3v) is 5.87. The minimum atomic E-state index is -2.90. The van der Waals surface area contributed by atoms with Crippen LogP contribution in [0.15, 0.2) is 27.7 Å². The monoisotopic (exact) mass is 393 g/mol. The summed E-state index contributed by atoms with van der Waals surface area (Å²) in [5.74, 6) is 0.975. The normalized spacial score (nSPS) is 21.3. The summed E-state index contributed by atoms with van der Waals surface area (Å²) in [4.78, 5) is 4.11. The number of aliphatic imine (C=N–C) groups is 1. The van der Waals surface area contributed by atoms with E-state index < -0.39 is 9.84 Å². The highest BCUT2D eigenvalue weighted by Crippen LogP contribution is 2.21. The molecule has 0 spiro atoms. The molecule has 1 aliphatic heterocycles. The molecule has 1 unspecified atom stereocenters. The molecule has 0 radical (unpaired) electrons. The van der Waals surface area contributed by atoms with Gasteiger partial charge < -0.3 is 10.6 Å². The summed E-state index contributed by atoms with van der Waals surface area (Å²) in [7, 11) is -1.24. The van der Waals surface area contributed by atoms with Gasteiger partial charge in [0.15, 0.2) is 15.8 Å². The molecule has 2 N–H and O–H groups in total. The van der Waals surface area contributed by atoms with E-state index in [4.69, 9.17) is 11.6 Å². The third kappa shape index (κ3) is 4.86. The zero-order valence-corrected chi connectivity index (χ0v) is 14.7. The number of benzene rings is 1. The van der Waals surface area contributed by atoms with Crippen LogP contribution < -0.4 is 10.6 Å². The molecule has 1 aromatic carbocycles. The number of sulfone groups is 1. The van der Waals surface area contributed by atoms with Crippen LogP contribution in [0.3, 0.4) is 0 Å². The molecule has 21 heavy (non-hydrogen) atoms. The Labute approximate surface area is 138 Å². The largest absolute Gasteiger partial charge is 0.353 e. The lowest BCUT2D eigenvalue weighted by Gasteiger charge is -2.16. The second-order valence-corrected chi connectivity index (χ2v) is 8.46. The van der Waals surface area contributed by atoms with Gasteiger partial charge in [0.1, 0.15) is 0 Å². The van der Waals surface area contributed by atoms with E-state index in [2.05, 4.69) is 31.6 Å². The molecule has 5 nitrogen and oxygen atoms in total. The second-order valence-electron chi connectivity index (χ2n) is 4.91. The predicted octanol–water partition coefficient (Wildman–Crippen LogP) is 1.95. The van der Waals surface area contributed by atoms with Crippen molar-refractivity contribution in [2.24, 2.45) is 4.99 Å². The molecule has 0 bridgehead atoms. The summed E-state index contributed by atoms with van der Waals surface area (Å²) in [5, 5.41) is 6.94. The lowest BCUT2D eigenvalue weighted by atomic mass is 10.2. The Morgan fingerprint density at radius 3 is 2.86 bits per heavy atom. The lowest BCUT2D eigenvalue weighted by Crippen LogP contribution is -2.43. The zero-order chi connectivity index (χ0) is 15.5. The minimum absolute atomic E-state index is 0.0819. The van der Waals surface area contributed by atoms with Gasteiger partial charge in [0.25, 0.3) is 0 Å². The van der Waals surface area contributed by atoms with Crippen LogP contribution in [0.25, 0.3) is 0 Å². The van der Waals surface area contributed by atoms with E-state index in [1.807, 2.05) is 18.2 Å². The van der Waals surface area contributed by atoms with Crippen LogP contribution in [-0.2, 0) is 16.4 Å². The van der Waals surface area contributed by atoms with E-state index in [-0.39, 0.29) is 17.5 Å². The van der Waals surface area contributed by atoms with E-state index in [1.54, 1.807) is 7.05 Å². The molecular formula is C13H17BrClN3O2S. The predicted molar refractivity (Wildman–Crippen MR) is 89.5 cm³/mol. The van der Waals surface area contributed by atoms with Crippen molar-refractivity contribution in [1.82, 2.24) is 10.6 Å². The number of halogens is 2. The van der Waals surface area contributed by atoms with Crippen LogP contribution in [0.1, 0.15) is 12.0 Å². The summed E-state index contributed by atoms with van der Waals surface area (Å²) >= 11 is 9.52. The van der Waals surface area contributed by atoms with Gasteiger partial charge in [0.05, 0.1) is 11.5 Å². The number of rotatable bonds is 3. The number of hydrogen-bond acceptors (Lipinski definition) is 3. The maximum absolute atomic E-state index is 11.4. The van der Waals surface area contributed by atoms with Crippen molar-refractivity contribution in [3.8, 4) is 0 Å². The highest BCUT2D eigenvalue weighted by molar-refractivity contribution is 9.10. The number of guanidine groups is 1. The average molecular weight is 395 g/mol. The van der Waals surface area contributed by atoms with E-state index in [0.717, 1.165) is 10.0 Å².